The molecule has 0 aromatic carbocycles. The average Bonchev–Trinajstić information content (AvgIpc) is 1.79. The molecule has 68 valence electrons. The third-order valence-corrected chi connectivity index (χ3v) is 1.75. The molecule has 0 radical (unpaired) electrons. The van der Waals surface area contributed by atoms with Crippen LogP contribution in [0.4, 0.5) is 0 Å². The minimum Gasteiger partial charge on any atom is -0.369 e. The van der Waals surface area contributed by atoms with Gasteiger partial charge < -0.3 is 4.74 Å². The molecular formula is C9H21NO. The first-order valence-corrected chi connectivity index (χ1v) is 4.15. The van der Waals surface area contributed by atoms with Crippen LogP contribution < -0.4 is 0 Å². The Labute approximate surface area is 70.5 Å². The van der Waals surface area contributed by atoms with Gasteiger partial charge in [-0.3, -0.25) is 4.90 Å². The van der Waals surface area contributed by atoms with Crippen LogP contribution in [-0.4, -0.2) is 30.3 Å². The van der Waals surface area contributed by atoms with Crippen LogP contribution in [0.3, 0.4) is 0 Å². The van der Waals surface area contributed by atoms with E-state index in [1.54, 1.807) is 7.11 Å². The van der Waals surface area contributed by atoms with Gasteiger partial charge in [-0.05, 0) is 34.6 Å². The molecule has 2 heteroatoms. The molecule has 0 saturated heterocycles. The lowest BCUT2D eigenvalue weighted by Gasteiger charge is -2.38. The lowest BCUT2D eigenvalue weighted by molar-refractivity contribution is -0.0162. The van der Waals surface area contributed by atoms with Crippen LogP contribution in [0.5, 0.6) is 0 Å². The monoisotopic (exact) mass is 159 g/mol. The smallest absolute Gasteiger partial charge is 0.0992 e. The Bertz CT molecular complexity index is 105. The normalized spacial score (nSPS) is 13.1. The predicted octanol–water partition coefficient (Wildman–Crippen LogP) is 2.10. The Hall–Kier alpha value is -0.0800. The van der Waals surface area contributed by atoms with Crippen molar-refractivity contribution in [2.24, 2.45) is 0 Å². The number of methoxy groups -OCH3 is 1. The van der Waals surface area contributed by atoms with E-state index in [2.05, 4.69) is 39.5 Å². The molecule has 0 aliphatic carbocycles. The highest BCUT2D eigenvalue weighted by Crippen LogP contribution is 2.15. The van der Waals surface area contributed by atoms with Crippen molar-refractivity contribution in [1.29, 1.82) is 0 Å². The van der Waals surface area contributed by atoms with E-state index in [0.29, 0.717) is 12.8 Å². The van der Waals surface area contributed by atoms with Crippen LogP contribution >= 0.6 is 0 Å². The van der Waals surface area contributed by atoms with Gasteiger partial charge >= 0.3 is 0 Å². The zero-order valence-electron chi connectivity index (χ0n) is 8.64. The SMILES string of the molecule is COCN(C(C)C)C(C)(C)C. The largest absolute Gasteiger partial charge is 0.369 e. The second-order valence-corrected chi connectivity index (χ2v) is 4.15. The summed E-state index contributed by atoms with van der Waals surface area (Å²) < 4.78 is 5.12. The molecule has 2 nitrogen and oxygen atoms in total. The van der Waals surface area contributed by atoms with Crippen molar-refractivity contribution in [1.82, 2.24) is 4.90 Å². The molecule has 0 amide bonds. The van der Waals surface area contributed by atoms with Gasteiger partial charge in [0.25, 0.3) is 0 Å². The van der Waals surface area contributed by atoms with E-state index in [0.717, 1.165) is 0 Å². The van der Waals surface area contributed by atoms with Crippen LogP contribution in [-0.2, 0) is 4.74 Å². The fraction of sp³-hybridized carbons (Fsp3) is 1.00. The lowest BCUT2D eigenvalue weighted by atomic mass is 10.1. The summed E-state index contributed by atoms with van der Waals surface area (Å²) in [6.45, 7) is 11.7. The molecule has 0 rings (SSSR count). The van der Waals surface area contributed by atoms with E-state index in [1.165, 1.54) is 0 Å². The van der Waals surface area contributed by atoms with Gasteiger partial charge in [-0.15, -0.1) is 0 Å². The molecule has 0 aliphatic rings. The molecule has 0 bridgehead atoms. The average molecular weight is 159 g/mol. The van der Waals surface area contributed by atoms with E-state index >= 15 is 0 Å². The number of hydrogen-bond acceptors (Lipinski definition) is 2. The zero-order chi connectivity index (χ0) is 9.07. The van der Waals surface area contributed by atoms with Gasteiger partial charge in [-0.2, -0.15) is 0 Å². The molecule has 0 spiro atoms. The van der Waals surface area contributed by atoms with Crippen molar-refractivity contribution < 1.29 is 4.74 Å². The van der Waals surface area contributed by atoms with Crippen molar-refractivity contribution in [3.63, 3.8) is 0 Å². The maximum Gasteiger partial charge on any atom is 0.0992 e. The van der Waals surface area contributed by atoms with Gasteiger partial charge in [0.1, 0.15) is 0 Å². The van der Waals surface area contributed by atoms with Crippen molar-refractivity contribution in [3.05, 3.63) is 0 Å². The molecule has 0 atom stereocenters. The molecule has 0 saturated carbocycles. The Morgan fingerprint density at radius 2 is 1.73 bits per heavy atom. The van der Waals surface area contributed by atoms with E-state index in [4.69, 9.17) is 4.74 Å². The molecule has 0 N–H and O–H groups in total. The minimum atomic E-state index is 0.199. The molecule has 0 unspecified atom stereocenters. The zero-order valence-corrected chi connectivity index (χ0v) is 8.64. The van der Waals surface area contributed by atoms with Crippen LogP contribution in [0.15, 0.2) is 0 Å². The Balaban J connectivity index is 4.10. The van der Waals surface area contributed by atoms with Gasteiger partial charge in [-0.25, -0.2) is 0 Å². The Kier molecular flexibility index (Phi) is 4.04. The summed E-state index contributed by atoms with van der Waals surface area (Å²) in [5, 5.41) is 0. The van der Waals surface area contributed by atoms with E-state index in [1.807, 2.05) is 0 Å². The van der Waals surface area contributed by atoms with Gasteiger partial charge in [0, 0.05) is 18.7 Å². The van der Waals surface area contributed by atoms with Crippen molar-refractivity contribution in [2.75, 3.05) is 13.8 Å². The van der Waals surface area contributed by atoms with Crippen LogP contribution in [0.1, 0.15) is 34.6 Å². The molecule has 0 fully saturated rings. The summed E-state index contributed by atoms with van der Waals surface area (Å²) in [6, 6.07) is 0.537. The first-order chi connectivity index (χ1) is 4.89. The highest BCUT2D eigenvalue weighted by Gasteiger charge is 2.22. The summed E-state index contributed by atoms with van der Waals surface area (Å²) in [5.41, 5.74) is 0.199. The Morgan fingerprint density at radius 1 is 1.27 bits per heavy atom. The fourth-order valence-corrected chi connectivity index (χ4v) is 1.26. The van der Waals surface area contributed by atoms with Crippen LogP contribution in [0.25, 0.3) is 0 Å². The third kappa shape index (κ3) is 3.73. The highest BCUT2D eigenvalue weighted by atomic mass is 16.5. The topological polar surface area (TPSA) is 12.5 Å². The number of hydrogen-bond donors (Lipinski definition) is 0. The summed E-state index contributed by atoms with van der Waals surface area (Å²) in [4.78, 5) is 2.31. The molecular weight excluding hydrogens is 138 g/mol. The first kappa shape index (κ1) is 10.9. The van der Waals surface area contributed by atoms with E-state index in [9.17, 15) is 0 Å². The van der Waals surface area contributed by atoms with Gasteiger partial charge in [-0.1, -0.05) is 0 Å². The number of ether oxygens (including phenoxy) is 1. The summed E-state index contributed by atoms with van der Waals surface area (Å²) in [6.07, 6.45) is 0. The van der Waals surface area contributed by atoms with Gasteiger partial charge in [0.2, 0.25) is 0 Å². The maximum absolute atomic E-state index is 5.12. The summed E-state index contributed by atoms with van der Waals surface area (Å²) in [5.74, 6) is 0. The molecule has 0 aromatic heterocycles. The van der Waals surface area contributed by atoms with Crippen molar-refractivity contribution in [2.45, 2.75) is 46.2 Å². The van der Waals surface area contributed by atoms with Gasteiger partial charge in [0.05, 0.1) is 6.73 Å². The van der Waals surface area contributed by atoms with E-state index in [-0.39, 0.29) is 5.54 Å². The first-order valence-electron chi connectivity index (χ1n) is 4.15. The maximum atomic E-state index is 5.12. The molecule has 0 heterocycles. The fourth-order valence-electron chi connectivity index (χ4n) is 1.26. The summed E-state index contributed by atoms with van der Waals surface area (Å²) in [7, 11) is 1.74. The standard InChI is InChI=1S/C9H21NO/c1-8(2)10(7-11-6)9(3,4)5/h8H,7H2,1-6H3. The van der Waals surface area contributed by atoms with Crippen LogP contribution in [0.2, 0.25) is 0 Å². The second-order valence-electron chi connectivity index (χ2n) is 4.15. The highest BCUT2D eigenvalue weighted by molar-refractivity contribution is 4.76. The van der Waals surface area contributed by atoms with Crippen LogP contribution in [0, 0.1) is 0 Å². The third-order valence-electron chi connectivity index (χ3n) is 1.75. The molecule has 11 heavy (non-hydrogen) atoms. The van der Waals surface area contributed by atoms with E-state index < -0.39 is 0 Å². The molecule has 0 aromatic rings. The van der Waals surface area contributed by atoms with Crippen molar-refractivity contribution >= 4 is 0 Å². The Morgan fingerprint density at radius 3 is 1.82 bits per heavy atom. The van der Waals surface area contributed by atoms with Crippen molar-refractivity contribution in [3.8, 4) is 0 Å². The lowest BCUT2D eigenvalue weighted by Crippen LogP contribution is -2.46. The molecule has 0 aliphatic heterocycles. The number of nitrogens with zero attached hydrogens (tertiary/aromatic N) is 1. The quantitative estimate of drug-likeness (QED) is 0.585. The summed E-state index contributed by atoms with van der Waals surface area (Å²) >= 11 is 0. The minimum absolute atomic E-state index is 0.199. The number of rotatable bonds is 3. The second kappa shape index (κ2) is 4.07. The predicted molar refractivity (Wildman–Crippen MR) is 48.6 cm³/mol. The van der Waals surface area contributed by atoms with Gasteiger partial charge in [0.15, 0.2) is 0 Å².